The first-order valence-electron chi connectivity index (χ1n) is 9.16. The molecule has 2 aliphatic rings. The first-order chi connectivity index (χ1) is 13.2. The Hall–Kier alpha value is -2.15. The maximum absolute atomic E-state index is 12.3. The van der Waals surface area contributed by atoms with Crippen LogP contribution in [0, 0.1) is 0 Å². The Morgan fingerprint density at radius 3 is 2.56 bits per heavy atom. The fraction of sp³-hybridized carbons (Fsp3) is 0.400. The summed E-state index contributed by atoms with van der Waals surface area (Å²) in [4.78, 5) is 19.0. The minimum Gasteiger partial charge on any atom is -0.356 e. The zero-order valence-corrected chi connectivity index (χ0v) is 15.7. The third kappa shape index (κ3) is 4.08. The van der Waals surface area contributed by atoms with Crippen LogP contribution in [0.15, 0.2) is 42.6 Å². The van der Waals surface area contributed by atoms with Crippen LogP contribution in [0.2, 0.25) is 5.02 Å². The second-order valence-corrected chi connectivity index (χ2v) is 7.18. The van der Waals surface area contributed by atoms with Gasteiger partial charge in [0.15, 0.2) is 5.79 Å². The molecule has 0 atom stereocenters. The van der Waals surface area contributed by atoms with Gasteiger partial charge in [-0.05, 0) is 23.8 Å². The lowest BCUT2D eigenvalue weighted by Gasteiger charge is -2.38. The van der Waals surface area contributed by atoms with E-state index >= 15 is 0 Å². The van der Waals surface area contributed by atoms with Crippen LogP contribution >= 0.6 is 11.6 Å². The molecule has 0 bridgehead atoms. The molecule has 0 radical (unpaired) electrons. The maximum Gasteiger partial charge on any atom is 0.253 e. The van der Waals surface area contributed by atoms with Gasteiger partial charge < -0.3 is 19.7 Å². The molecular formula is C20H22ClN3O3. The second kappa shape index (κ2) is 7.84. The number of carbonyl (C=O) groups excluding carboxylic acids is 1. The van der Waals surface area contributed by atoms with Gasteiger partial charge in [0.1, 0.15) is 5.82 Å². The fourth-order valence-corrected chi connectivity index (χ4v) is 3.69. The summed E-state index contributed by atoms with van der Waals surface area (Å²) in [5, 5.41) is 3.52. The molecule has 2 fully saturated rings. The van der Waals surface area contributed by atoms with Gasteiger partial charge in [-0.25, -0.2) is 4.98 Å². The summed E-state index contributed by atoms with van der Waals surface area (Å²) in [7, 11) is 0. The quantitative estimate of drug-likeness (QED) is 0.873. The highest BCUT2D eigenvalue weighted by Crippen LogP contribution is 2.32. The van der Waals surface area contributed by atoms with Gasteiger partial charge in [0.25, 0.3) is 5.91 Å². The van der Waals surface area contributed by atoms with Crippen LogP contribution in [0.4, 0.5) is 5.82 Å². The first kappa shape index (κ1) is 18.2. The van der Waals surface area contributed by atoms with Crippen molar-refractivity contribution in [1.29, 1.82) is 0 Å². The van der Waals surface area contributed by atoms with Crippen LogP contribution in [-0.2, 0) is 16.0 Å². The van der Waals surface area contributed by atoms with Crippen molar-refractivity contribution >= 4 is 23.3 Å². The number of nitrogens with zero attached hydrogens (tertiary/aromatic N) is 2. The van der Waals surface area contributed by atoms with E-state index in [-0.39, 0.29) is 5.91 Å². The van der Waals surface area contributed by atoms with Crippen molar-refractivity contribution in [2.75, 3.05) is 31.2 Å². The molecule has 0 saturated carbocycles. The Bertz CT molecular complexity index is 796. The molecular weight excluding hydrogens is 366 g/mol. The van der Waals surface area contributed by atoms with E-state index in [1.54, 1.807) is 12.3 Å². The smallest absolute Gasteiger partial charge is 0.253 e. The van der Waals surface area contributed by atoms with Crippen molar-refractivity contribution in [3.8, 4) is 0 Å². The normalized spacial score (nSPS) is 18.6. The van der Waals surface area contributed by atoms with Gasteiger partial charge in [0, 0.05) is 43.7 Å². The molecule has 0 unspecified atom stereocenters. The molecule has 1 N–H and O–H groups in total. The van der Waals surface area contributed by atoms with E-state index in [9.17, 15) is 4.79 Å². The number of aromatic nitrogens is 1. The summed E-state index contributed by atoms with van der Waals surface area (Å²) in [6.07, 6.45) is 3.27. The van der Waals surface area contributed by atoms with E-state index in [0.717, 1.165) is 37.3 Å². The van der Waals surface area contributed by atoms with E-state index in [4.69, 9.17) is 21.1 Å². The third-order valence-electron chi connectivity index (χ3n) is 5.07. The molecule has 27 heavy (non-hydrogen) atoms. The van der Waals surface area contributed by atoms with Crippen LogP contribution in [-0.4, -0.2) is 43.0 Å². The molecule has 1 amide bonds. The fourth-order valence-electron chi connectivity index (χ4n) is 3.49. The number of hydrogen-bond acceptors (Lipinski definition) is 5. The number of benzene rings is 1. The molecule has 2 aromatic rings. The van der Waals surface area contributed by atoms with Crippen LogP contribution in [0.25, 0.3) is 0 Å². The number of rotatable bonds is 4. The number of amides is 1. The number of hydrogen-bond donors (Lipinski definition) is 1. The van der Waals surface area contributed by atoms with Gasteiger partial charge in [-0.1, -0.05) is 29.8 Å². The van der Waals surface area contributed by atoms with Gasteiger partial charge in [-0.2, -0.15) is 0 Å². The molecule has 7 heteroatoms. The molecule has 1 aromatic carbocycles. The number of anilines is 1. The second-order valence-electron chi connectivity index (χ2n) is 6.77. The van der Waals surface area contributed by atoms with Crippen molar-refractivity contribution < 1.29 is 14.3 Å². The minimum absolute atomic E-state index is 0.167. The van der Waals surface area contributed by atoms with Crippen molar-refractivity contribution in [3.63, 3.8) is 0 Å². The van der Waals surface area contributed by atoms with Crippen LogP contribution in [0.3, 0.4) is 0 Å². The number of ether oxygens (including phenoxy) is 2. The lowest BCUT2D eigenvalue weighted by molar-refractivity contribution is -0.169. The molecule has 1 aromatic heterocycles. The molecule has 6 nitrogen and oxygen atoms in total. The number of nitrogens with one attached hydrogen (secondary N) is 1. The van der Waals surface area contributed by atoms with Gasteiger partial charge in [-0.15, -0.1) is 0 Å². The molecule has 0 aliphatic carbocycles. The maximum atomic E-state index is 12.3. The van der Waals surface area contributed by atoms with Crippen LogP contribution in [0.1, 0.15) is 28.8 Å². The monoisotopic (exact) mass is 387 g/mol. The zero-order valence-electron chi connectivity index (χ0n) is 15.0. The minimum atomic E-state index is -0.394. The van der Waals surface area contributed by atoms with E-state index in [2.05, 4.69) is 15.2 Å². The highest BCUT2D eigenvalue weighted by atomic mass is 35.5. The lowest BCUT2D eigenvalue weighted by atomic mass is 10.0. The van der Waals surface area contributed by atoms with Crippen molar-refractivity contribution in [1.82, 2.24) is 10.3 Å². The van der Waals surface area contributed by atoms with Gasteiger partial charge in [0.05, 0.1) is 18.8 Å². The Morgan fingerprint density at radius 2 is 1.89 bits per heavy atom. The highest BCUT2D eigenvalue weighted by molar-refractivity contribution is 6.31. The summed E-state index contributed by atoms with van der Waals surface area (Å²) in [5.41, 5.74) is 1.41. The number of piperidine rings is 1. The van der Waals surface area contributed by atoms with E-state index in [0.29, 0.717) is 30.3 Å². The summed E-state index contributed by atoms with van der Waals surface area (Å²) >= 11 is 6.12. The summed E-state index contributed by atoms with van der Waals surface area (Å²) in [6.45, 7) is 3.39. The largest absolute Gasteiger partial charge is 0.356 e. The molecule has 3 heterocycles. The van der Waals surface area contributed by atoms with Crippen LogP contribution < -0.4 is 10.2 Å². The third-order valence-corrected chi connectivity index (χ3v) is 5.44. The Labute approximate surface area is 163 Å². The number of carbonyl (C=O) groups is 1. The zero-order chi connectivity index (χ0) is 18.7. The van der Waals surface area contributed by atoms with E-state index in [1.807, 2.05) is 30.3 Å². The van der Waals surface area contributed by atoms with Crippen molar-refractivity contribution in [3.05, 3.63) is 58.7 Å². The van der Waals surface area contributed by atoms with E-state index < -0.39 is 5.79 Å². The Kier molecular flexibility index (Phi) is 5.29. The predicted octanol–water partition coefficient (Wildman–Crippen LogP) is 3.01. The Morgan fingerprint density at radius 1 is 1.15 bits per heavy atom. The number of pyridine rings is 1. The highest BCUT2D eigenvalue weighted by Gasteiger charge is 2.39. The standard InChI is InChI=1S/C20H22ClN3O3/c21-17-4-2-1-3-15(17)13-23-19(25)16-5-6-18(22-14-16)24-9-7-20(8-10-24)26-11-12-27-20/h1-6,14H,7-13H2,(H,23,25). The number of halogens is 1. The van der Waals surface area contributed by atoms with Crippen LogP contribution in [0.5, 0.6) is 0 Å². The molecule has 2 saturated heterocycles. The summed E-state index contributed by atoms with van der Waals surface area (Å²) in [5.74, 6) is 0.305. The van der Waals surface area contributed by atoms with Gasteiger partial charge in [-0.3, -0.25) is 4.79 Å². The molecule has 2 aliphatic heterocycles. The lowest BCUT2D eigenvalue weighted by Crippen LogP contribution is -2.45. The van der Waals surface area contributed by atoms with Crippen molar-refractivity contribution in [2.45, 2.75) is 25.2 Å². The predicted molar refractivity (Wildman–Crippen MR) is 103 cm³/mol. The molecule has 1 spiro atoms. The average molecular weight is 388 g/mol. The average Bonchev–Trinajstić information content (AvgIpc) is 3.16. The topological polar surface area (TPSA) is 63.7 Å². The van der Waals surface area contributed by atoms with Gasteiger partial charge in [0.2, 0.25) is 0 Å². The van der Waals surface area contributed by atoms with Crippen molar-refractivity contribution in [2.24, 2.45) is 0 Å². The molecule has 4 rings (SSSR count). The van der Waals surface area contributed by atoms with Gasteiger partial charge >= 0.3 is 0 Å². The van der Waals surface area contributed by atoms with E-state index in [1.165, 1.54) is 0 Å². The SMILES string of the molecule is O=C(NCc1ccccc1Cl)c1ccc(N2CCC3(CC2)OCCO3)nc1. The summed E-state index contributed by atoms with van der Waals surface area (Å²) in [6, 6.07) is 11.2. The summed E-state index contributed by atoms with van der Waals surface area (Å²) < 4.78 is 11.5. The first-order valence-corrected chi connectivity index (χ1v) is 9.54. The molecule has 142 valence electrons. The Balaban J connectivity index is 1.33.